The number of nitrogens with two attached hydrogens (primary N) is 1. The highest BCUT2D eigenvalue weighted by Gasteiger charge is 2.35. The van der Waals surface area contributed by atoms with Crippen molar-refractivity contribution < 1.29 is 19.0 Å². The van der Waals surface area contributed by atoms with Crippen molar-refractivity contribution in [1.29, 1.82) is 0 Å². The molecule has 0 aliphatic carbocycles. The van der Waals surface area contributed by atoms with Gasteiger partial charge in [-0.05, 0) is 29.1 Å². The van der Waals surface area contributed by atoms with Gasteiger partial charge in [0.2, 0.25) is 0 Å². The summed E-state index contributed by atoms with van der Waals surface area (Å²) >= 11 is 0. The van der Waals surface area contributed by atoms with Crippen LogP contribution in [0, 0.1) is 0 Å². The van der Waals surface area contributed by atoms with E-state index in [1.54, 1.807) is 24.8 Å². The fourth-order valence-electron chi connectivity index (χ4n) is 3.29. The predicted molar refractivity (Wildman–Crippen MR) is 101 cm³/mol. The van der Waals surface area contributed by atoms with E-state index >= 15 is 0 Å². The molecule has 2 aromatic rings. The van der Waals surface area contributed by atoms with E-state index in [-0.39, 0.29) is 12.2 Å². The Hall–Kier alpha value is -2.64. The minimum atomic E-state index is -0.676. The van der Waals surface area contributed by atoms with Gasteiger partial charge in [-0.25, -0.2) is 4.79 Å². The van der Waals surface area contributed by atoms with Crippen LogP contribution in [-0.2, 0) is 32.7 Å². The lowest BCUT2D eigenvalue weighted by molar-refractivity contribution is -0.139. The van der Waals surface area contributed by atoms with E-state index in [0.29, 0.717) is 31.8 Å². The third kappa shape index (κ3) is 4.04. The van der Waals surface area contributed by atoms with Crippen molar-refractivity contribution >= 4 is 16.9 Å². The molecule has 144 valence electrons. The first-order valence-electron chi connectivity index (χ1n) is 8.81. The lowest BCUT2D eigenvalue weighted by atomic mass is 9.90. The van der Waals surface area contributed by atoms with E-state index in [1.165, 1.54) is 12.1 Å². The Morgan fingerprint density at radius 2 is 2.04 bits per heavy atom. The molecule has 2 N–H and O–H groups in total. The van der Waals surface area contributed by atoms with Crippen LogP contribution in [0.4, 0.5) is 0 Å². The molecular weight excluding hydrogens is 348 g/mol. The number of carbonyl (C=O) groups excluding carboxylic acids is 1. The lowest BCUT2D eigenvalue weighted by Crippen LogP contribution is -2.43. The van der Waals surface area contributed by atoms with Crippen LogP contribution >= 0.6 is 0 Å². The van der Waals surface area contributed by atoms with Crippen LogP contribution in [-0.4, -0.2) is 36.5 Å². The van der Waals surface area contributed by atoms with Gasteiger partial charge >= 0.3 is 5.97 Å². The summed E-state index contributed by atoms with van der Waals surface area (Å²) in [7, 11) is 3.31. The fraction of sp³-hybridized carbons (Fsp3) is 0.400. The minimum absolute atomic E-state index is 0.0672. The van der Waals surface area contributed by atoms with E-state index in [1.807, 2.05) is 18.2 Å². The first-order chi connectivity index (χ1) is 12.9. The summed E-state index contributed by atoms with van der Waals surface area (Å²) in [5.41, 5.74) is 7.38. The second-order valence-electron chi connectivity index (χ2n) is 6.64. The number of carbonyl (C=O) groups is 1. The number of esters is 1. The molecule has 1 aliphatic rings. The van der Waals surface area contributed by atoms with Crippen molar-refractivity contribution in [1.82, 2.24) is 4.57 Å². The van der Waals surface area contributed by atoms with Gasteiger partial charge in [0, 0.05) is 58.1 Å². The molecule has 1 saturated heterocycles. The molecule has 1 aromatic heterocycles. The predicted octanol–water partition coefficient (Wildman–Crippen LogP) is 1.62. The number of ether oxygens (including phenoxy) is 3. The topological polar surface area (TPSA) is 92.8 Å². The van der Waals surface area contributed by atoms with Crippen LogP contribution < -0.4 is 11.3 Å². The van der Waals surface area contributed by atoms with Crippen LogP contribution in [0.2, 0.25) is 0 Å². The Labute approximate surface area is 157 Å². The van der Waals surface area contributed by atoms with Crippen LogP contribution in [0.15, 0.2) is 46.9 Å². The molecule has 27 heavy (non-hydrogen) atoms. The molecule has 7 heteroatoms. The van der Waals surface area contributed by atoms with Crippen molar-refractivity contribution in [3.05, 3.63) is 58.0 Å². The summed E-state index contributed by atoms with van der Waals surface area (Å²) in [4.78, 5) is 23.9. The summed E-state index contributed by atoms with van der Waals surface area (Å²) in [6.07, 6.45) is 2.49. The zero-order chi connectivity index (χ0) is 19.4. The van der Waals surface area contributed by atoms with E-state index in [9.17, 15) is 9.59 Å². The van der Waals surface area contributed by atoms with E-state index in [2.05, 4.69) is 0 Å². The largest absolute Gasteiger partial charge is 0.458 e. The standard InChI is InChI=1S/C20H24N2O5/c1-22-16-5-3-14(11-15(16)4-6-18(22)23)13-27-19(24)12-17(21)20(25-2)7-9-26-10-8-20/h3-6,11-12H,7-10,13,21H2,1-2H3/b17-12-. The fourth-order valence-corrected chi connectivity index (χ4v) is 3.29. The Morgan fingerprint density at radius 1 is 1.30 bits per heavy atom. The SMILES string of the molecule is COC1(/C(N)=C/C(=O)OCc2ccc3c(ccc(=O)n3C)c2)CCOCC1. The van der Waals surface area contributed by atoms with Gasteiger partial charge in [-0.2, -0.15) is 0 Å². The Balaban J connectivity index is 1.69. The Bertz CT molecular complexity index is 926. The van der Waals surface area contributed by atoms with Crippen LogP contribution in [0.5, 0.6) is 0 Å². The third-order valence-electron chi connectivity index (χ3n) is 5.06. The summed E-state index contributed by atoms with van der Waals surface area (Å²) in [6, 6.07) is 8.83. The summed E-state index contributed by atoms with van der Waals surface area (Å²) in [6.45, 7) is 1.19. The van der Waals surface area contributed by atoms with Gasteiger partial charge in [-0.15, -0.1) is 0 Å². The van der Waals surface area contributed by atoms with Crippen molar-refractivity contribution in [2.45, 2.75) is 25.0 Å². The van der Waals surface area contributed by atoms with Gasteiger partial charge in [-0.3, -0.25) is 4.79 Å². The molecule has 0 radical (unpaired) electrons. The first kappa shape index (κ1) is 19.1. The molecule has 0 spiro atoms. The molecule has 2 heterocycles. The molecule has 1 aliphatic heterocycles. The van der Waals surface area contributed by atoms with Gasteiger partial charge in [0.05, 0.1) is 5.52 Å². The Kier molecular flexibility index (Phi) is 5.62. The van der Waals surface area contributed by atoms with E-state index in [0.717, 1.165) is 16.5 Å². The number of benzene rings is 1. The zero-order valence-corrected chi connectivity index (χ0v) is 15.6. The van der Waals surface area contributed by atoms with E-state index in [4.69, 9.17) is 19.9 Å². The number of hydrogen-bond acceptors (Lipinski definition) is 6. The summed E-state index contributed by atoms with van der Waals surface area (Å²) in [5, 5.41) is 0.904. The van der Waals surface area contributed by atoms with Gasteiger partial charge in [0.25, 0.3) is 5.56 Å². The minimum Gasteiger partial charge on any atom is -0.458 e. The molecule has 1 aromatic carbocycles. The monoisotopic (exact) mass is 372 g/mol. The highest BCUT2D eigenvalue weighted by molar-refractivity contribution is 5.83. The molecule has 0 bridgehead atoms. The second-order valence-corrected chi connectivity index (χ2v) is 6.64. The molecule has 0 unspecified atom stereocenters. The first-order valence-corrected chi connectivity index (χ1v) is 8.81. The molecule has 0 atom stereocenters. The van der Waals surface area contributed by atoms with Crippen molar-refractivity contribution in [2.24, 2.45) is 12.8 Å². The lowest BCUT2D eigenvalue weighted by Gasteiger charge is -2.36. The maximum atomic E-state index is 12.2. The summed E-state index contributed by atoms with van der Waals surface area (Å²) < 4.78 is 17.8. The number of nitrogens with zero attached hydrogens (tertiary/aromatic N) is 1. The average Bonchev–Trinajstić information content (AvgIpc) is 2.69. The molecule has 3 rings (SSSR count). The van der Waals surface area contributed by atoms with Crippen molar-refractivity contribution in [2.75, 3.05) is 20.3 Å². The van der Waals surface area contributed by atoms with Crippen molar-refractivity contribution in [3.8, 4) is 0 Å². The number of rotatable bonds is 5. The maximum absolute atomic E-state index is 12.2. The number of hydrogen-bond donors (Lipinski definition) is 1. The number of aryl methyl sites for hydroxylation is 1. The van der Waals surface area contributed by atoms with Crippen LogP contribution in [0.1, 0.15) is 18.4 Å². The normalized spacial score (nSPS) is 17.0. The summed E-state index contributed by atoms with van der Waals surface area (Å²) in [5.74, 6) is -0.518. The van der Waals surface area contributed by atoms with Crippen LogP contribution in [0.25, 0.3) is 10.9 Å². The van der Waals surface area contributed by atoms with Crippen LogP contribution in [0.3, 0.4) is 0 Å². The average molecular weight is 372 g/mol. The van der Waals surface area contributed by atoms with Gasteiger partial charge in [-0.1, -0.05) is 6.07 Å². The highest BCUT2D eigenvalue weighted by Crippen LogP contribution is 2.29. The van der Waals surface area contributed by atoms with Gasteiger partial charge in [0.1, 0.15) is 12.2 Å². The van der Waals surface area contributed by atoms with Gasteiger partial charge < -0.3 is 24.5 Å². The smallest absolute Gasteiger partial charge is 0.332 e. The molecule has 1 fully saturated rings. The Morgan fingerprint density at radius 3 is 2.74 bits per heavy atom. The molecule has 0 amide bonds. The quantitative estimate of drug-likeness (QED) is 0.633. The van der Waals surface area contributed by atoms with E-state index < -0.39 is 11.6 Å². The third-order valence-corrected chi connectivity index (χ3v) is 5.06. The number of methoxy groups -OCH3 is 1. The van der Waals surface area contributed by atoms with Crippen molar-refractivity contribution in [3.63, 3.8) is 0 Å². The molecular formula is C20H24N2O5. The molecule has 0 saturated carbocycles. The maximum Gasteiger partial charge on any atom is 0.332 e. The highest BCUT2D eigenvalue weighted by atomic mass is 16.5. The molecule has 7 nitrogen and oxygen atoms in total. The van der Waals surface area contributed by atoms with Gasteiger partial charge in [0.15, 0.2) is 0 Å². The number of fused-ring (bicyclic) bond motifs is 1. The number of pyridine rings is 1. The number of aromatic nitrogens is 1. The second kappa shape index (κ2) is 7.94. The zero-order valence-electron chi connectivity index (χ0n) is 15.6.